The molecule has 0 fully saturated rings. The van der Waals surface area contributed by atoms with Crippen LogP contribution in [0.1, 0.15) is 35.6 Å². The maximum Gasteiger partial charge on any atom is 0.119 e. The fraction of sp³-hybridized carbons (Fsp3) is 0.333. The van der Waals surface area contributed by atoms with Gasteiger partial charge in [-0.05, 0) is 73.2 Å². The molecule has 0 aromatic heterocycles. The molecule has 0 aliphatic heterocycles. The first-order valence-electron chi connectivity index (χ1n) is 7.40. The predicted molar refractivity (Wildman–Crippen MR) is 85.1 cm³/mol. The molecule has 3 heteroatoms. The Hall–Kier alpha value is -2.16. The van der Waals surface area contributed by atoms with Gasteiger partial charge in [0.15, 0.2) is 0 Å². The number of hydrogen-bond donors (Lipinski definition) is 2. The summed E-state index contributed by atoms with van der Waals surface area (Å²) < 4.78 is 5.31. The number of rotatable bonds is 3. The molecule has 0 radical (unpaired) electrons. The fourth-order valence-electron chi connectivity index (χ4n) is 3.01. The molecule has 0 amide bonds. The standard InChI is InChI=1S/C18H21NO2/c1-12-10-14(6-9-18(12)20)19-17-5-3-4-13-11-15(21-2)7-8-16(13)17/h6-11,17,19-20H,3-5H2,1-2H3. The lowest BCUT2D eigenvalue weighted by Gasteiger charge is -2.27. The smallest absolute Gasteiger partial charge is 0.119 e. The summed E-state index contributed by atoms with van der Waals surface area (Å²) >= 11 is 0. The van der Waals surface area contributed by atoms with E-state index in [9.17, 15) is 5.11 Å². The number of benzene rings is 2. The van der Waals surface area contributed by atoms with Gasteiger partial charge in [-0.1, -0.05) is 6.07 Å². The average Bonchev–Trinajstić information content (AvgIpc) is 2.50. The molecule has 1 aliphatic rings. The number of methoxy groups -OCH3 is 1. The summed E-state index contributed by atoms with van der Waals surface area (Å²) in [7, 11) is 1.71. The second-order valence-corrected chi connectivity index (χ2v) is 5.66. The Morgan fingerprint density at radius 3 is 2.81 bits per heavy atom. The minimum absolute atomic E-state index is 0.323. The van der Waals surface area contributed by atoms with Crippen LogP contribution in [0.2, 0.25) is 0 Å². The first kappa shape index (κ1) is 13.8. The van der Waals surface area contributed by atoms with E-state index in [1.54, 1.807) is 13.2 Å². The van der Waals surface area contributed by atoms with Crippen LogP contribution in [0.15, 0.2) is 36.4 Å². The lowest BCUT2D eigenvalue weighted by atomic mass is 9.87. The molecule has 0 spiro atoms. The van der Waals surface area contributed by atoms with Crippen molar-refractivity contribution in [3.63, 3.8) is 0 Å². The molecule has 0 bridgehead atoms. The molecule has 2 aromatic carbocycles. The van der Waals surface area contributed by atoms with E-state index >= 15 is 0 Å². The molecular weight excluding hydrogens is 262 g/mol. The van der Waals surface area contributed by atoms with Crippen LogP contribution < -0.4 is 10.1 Å². The molecular formula is C18H21NO2. The van der Waals surface area contributed by atoms with Gasteiger partial charge >= 0.3 is 0 Å². The molecule has 2 N–H and O–H groups in total. The number of aryl methyl sites for hydroxylation is 2. The van der Waals surface area contributed by atoms with Gasteiger partial charge in [-0.2, -0.15) is 0 Å². The molecule has 0 saturated heterocycles. The molecule has 2 aromatic rings. The Kier molecular flexibility index (Phi) is 3.74. The van der Waals surface area contributed by atoms with Crippen molar-refractivity contribution in [3.8, 4) is 11.5 Å². The van der Waals surface area contributed by atoms with Crippen molar-refractivity contribution in [1.82, 2.24) is 0 Å². The number of phenolic OH excluding ortho intramolecular Hbond substituents is 1. The second kappa shape index (κ2) is 5.68. The topological polar surface area (TPSA) is 41.5 Å². The molecule has 3 rings (SSSR count). The van der Waals surface area contributed by atoms with Gasteiger partial charge in [-0.15, -0.1) is 0 Å². The monoisotopic (exact) mass is 283 g/mol. The van der Waals surface area contributed by atoms with Crippen LogP contribution >= 0.6 is 0 Å². The molecule has 0 heterocycles. The van der Waals surface area contributed by atoms with Crippen molar-refractivity contribution in [2.45, 2.75) is 32.2 Å². The van der Waals surface area contributed by atoms with E-state index in [4.69, 9.17) is 4.74 Å². The van der Waals surface area contributed by atoms with Crippen LogP contribution in [-0.4, -0.2) is 12.2 Å². The Morgan fingerprint density at radius 2 is 2.05 bits per heavy atom. The number of phenols is 1. The number of ether oxygens (including phenoxy) is 1. The molecule has 21 heavy (non-hydrogen) atoms. The van der Waals surface area contributed by atoms with Gasteiger partial charge in [0.2, 0.25) is 0 Å². The van der Waals surface area contributed by atoms with Crippen LogP contribution in [0.4, 0.5) is 5.69 Å². The van der Waals surface area contributed by atoms with E-state index in [1.165, 1.54) is 17.5 Å². The number of fused-ring (bicyclic) bond motifs is 1. The van der Waals surface area contributed by atoms with Crippen molar-refractivity contribution in [2.24, 2.45) is 0 Å². The first-order valence-corrected chi connectivity index (χ1v) is 7.40. The highest BCUT2D eigenvalue weighted by atomic mass is 16.5. The predicted octanol–water partition coefficient (Wildman–Crippen LogP) is 4.20. The van der Waals surface area contributed by atoms with Crippen LogP contribution in [-0.2, 0) is 6.42 Å². The number of hydrogen-bond acceptors (Lipinski definition) is 3. The van der Waals surface area contributed by atoms with E-state index in [-0.39, 0.29) is 0 Å². The van der Waals surface area contributed by atoms with Crippen molar-refractivity contribution in [2.75, 3.05) is 12.4 Å². The second-order valence-electron chi connectivity index (χ2n) is 5.66. The van der Waals surface area contributed by atoms with Crippen molar-refractivity contribution in [1.29, 1.82) is 0 Å². The number of anilines is 1. The van der Waals surface area contributed by atoms with E-state index in [1.807, 2.05) is 25.1 Å². The average molecular weight is 283 g/mol. The maximum atomic E-state index is 9.62. The lowest BCUT2D eigenvalue weighted by molar-refractivity contribution is 0.413. The third-order valence-corrected chi connectivity index (χ3v) is 4.20. The highest BCUT2D eigenvalue weighted by Crippen LogP contribution is 2.35. The van der Waals surface area contributed by atoms with Gasteiger partial charge in [0.25, 0.3) is 0 Å². The fourth-order valence-corrected chi connectivity index (χ4v) is 3.01. The van der Waals surface area contributed by atoms with Gasteiger partial charge in [0, 0.05) is 5.69 Å². The highest BCUT2D eigenvalue weighted by Gasteiger charge is 2.20. The highest BCUT2D eigenvalue weighted by molar-refractivity contribution is 5.53. The number of aromatic hydroxyl groups is 1. The number of nitrogens with one attached hydrogen (secondary N) is 1. The van der Waals surface area contributed by atoms with E-state index in [0.717, 1.165) is 29.8 Å². The quantitative estimate of drug-likeness (QED) is 0.830. The van der Waals surface area contributed by atoms with Crippen LogP contribution in [0.3, 0.4) is 0 Å². The minimum Gasteiger partial charge on any atom is -0.508 e. The van der Waals surface area contributed by atoms with E-state index in [0.29, 0.717) is 11.8 Å². The van der Waals surface area contributed by atoms with Crippen LogP contribution in [0, 0.1) is 6.92 Å². The van der Waals surface area contributed by atoms with Gasteiger partial charge in [0.1, 0.15) is 11.5 Å². The molecule has 0 saturated carbocycles. The molecule has 1 unspecified atom stereocenters. The zero-order chi connectivity index (χ0) is 14.8. The zero-order valence-corrected chi connectivity index (χ0v) is 12.5. The van der Waals surface area contributed by atoms with Gasteiger partial charge in [0.05, 0.1) is 13.2 Å². The summed E-state index contributed by atoms with van der Waals surface area (Å²) in [6, 6.07) is 12.3. The Morgan fingerprint density at radius 1 is 1.19 bits per heavy atom. The zero-order valence-electron chi connectivity index (χ0n) is 12.5. The SMILES string of the molecule is COc1ccc2c(c1)CCCC2Nc1ccc(O)c(C)c1. The summed E-state index contributed by atoms with van der Waals surface area (Å²) in [5.41, 5.74) is 4.67. The molecule has 1 aliphatic carbocycles. The summed E-state index contributed by atoms with van der Waals surface area (Å²) in [5.74, 6) is 1.27. The third kappa shape index (κ3) is 2.82. The van der Waals surface area contributed by atoms with E-state index < -0.39 is 0 Å². The summed E-state index contributed by atoms with van der Waals surface area (Å²) in [4.78, 5) is 0. The molecule has 1 atom stereocenters. The maximum absolute atomic E-state index is 9.62. The third-order valence-electron chi connectivity index (χ3n) is 4.20. The van der Waals surface area contributed by atoms with Crippen LogP contribution in [0.25, 0.3) is 0 Å². The first-order chi connectivity index (χ1) is 10.2. The summed E-state index contributed by atoms with van der Waals surface area (Å²) in [6.45, 7) is 1.92. The van der Waals surface area contributed by atoms with Crippen molar-refractivity contribution in [3.05, 3.63) is 53.1 Å². The summed E-state index contributed by atoms with van der Waals surface area (Å²) in [5, 5.41) is 13.2. The van der Waals surface area contributed by atoms with Crippen molar-refractivity contribution >= 4 is 5.69 Å². The summed E-state index contributed by atoms with van der Waals surface area (Å²) in [6.07, 6.45) is 3.41. The molecule has 110 valence electrons. The Labute approximate surface area is 125 Å². The van der Waals surface area contributed by atoms with Crippen LogP contribution in [0.5, 0.6) is 11.5 Å². The van der Waals surface area contributed by atoms with Crippen molar-refractivity contribution < 1.29 is 9.84 Å². The molecule has 3 nitrogen and oxygen atoms in total. The van der Waals surface area contributed by atoms with Gasteiger partial charge in [-0.25, -0.2) is 0 Å². The Bertz CT molecular complexity index is 652. The van der Waals surface area contributed by atoms with Gasteiger partial charge < -0.3 is 15.2 Å². The Balaban J connectivity index is 1.86. The lowest BCUT2D eigenvalue weighted by Crippen LogP contribution is -2.17. The van der Waals surface area contributed by atoms with Gasteiger partial charge in [-0.3, -0.25) is 0 Å². The largest absolute Gasteiger partial charge is 0.508 e. The minimum atomic E-state index is 0.323. The normalized spacial score (nSPS) is 17.1. The van der Waals surface area contributed by atoms with E-state index in [2.05, 4.69) is 17.4 Å².